The second-order valence-electron chi connectivity index (χ2n) is 3.83. The first-order valence-electron chi connectivity index (χ1n) is 5.09. The van der Waals surface area contributed by atoms with E-state index in [0.29, 0.717) is 13.0 Å². The van der Waals surface area contributed by atoms with Gasteiger partial charge in [0.25, 0.3) is 10.0 Å². The zero-order valence-corrected chi connectivity index (χ0v) is 10.1. The zero-order valence-electron chi connectivity index (χ0n) is 9.30. The molecule has 1 aliphatic rings. The van der Waals surface area contributed by atoms with Crippen LogP contribution in [0.25, 0.3) is 0 Å². The Morgan fingerprint density at radius 2 is 2.18 bits per heavy atom. The van der Waals surface area contributed by atoms with Gasteiger partial charge >= 0.3 is 0 Å². The molecule has 0 saturated heterocycles. The summed E-state index contributed by atoms with van der Waals surface area (Å²) in [7, 11) is -3.63. The lowest BCUT2D eigenvalue weighted by molar-refractivity contribution is -0.116. The third kappa shape index (κ3) is 2.04. The molecule has 3 N–H and O–H groups in total. The fourth-order valence-electron chi connectivity index (χ4n) is 1.94. The van der Waals surface area contributed by atoms with Gasteiger partial charge in [0.05, 0.1) is 4.90 Å². The number of carbonyl (C=O) groups excluding carboxylic acids is 1. The molecule has 0 radical (unpaired) electrons. The van der Waals surface area contributed by atoms with Gasteiger partial charge in [-0.3, -0.25) is 10.6 Å². The van der Waals surface area contributed by atoms with E-state index in [1.807, 2.05) is 0 Å². The number of nitrogens with one attached hydrogen (secondary N) is 1. The molecule has 1 amide bonds. The van der Waals surface area contributed by atoms with Gasteiger partial charge in [0.1, 0.15) is 0 Å². The molecule has 0 atom stereocenters. The van der Waals surface area contributed by atoms with E-state index in [4.69, 9.17) is 5.84 Å². The molecule has 0 unspecified atom stereocenters. The zero-order chi connectivity index (χ0) is 12.6. The number of benzene rings is 1. The molecule has 0 spiro atoms. The van der Waals surface area contributed by atoms with Crippen LogP contribution in [0.1, 0.15) is 12.5 Å². The number of carbonyl (C=O) groups is 1. The topological polar surface area (TPSA) is 92.5 Å². The van der Waals surface area contributed by atoms with Gasteiger partial charge in [-0.1, -0.05) is 0 Å². The highest BCUT2D eigenvalue weighted by Gasteiger charge is 2.24. The van der Waals surface area contributed by atoms with Crippen molar-refractivity contribution < 1.29 is 13.2 Å². The summed E-state index contributed by atoms with van der Waals surface area (Å²) in [6, 6.07) is 4.62. The molecule has 0 fully saturated rings. The van der Waals surface area contributed by atoms with Gasteiger partial charge in [-0.25, -0.2) is 8.42 Å². The molecule has 0 aromatic heterocycles. The second kappa shape index (κ2) is 4.10. The Balaban J connectivity index is 2.45. The monoisotopic (exact) mass is 255 g/mol. The average molecular weight is 255 g/mol. The van der Waals surface area contributed by atoms with Crippen molar-refractivity contribution in [3.63, 3.8) is 0 Å². The van der Waals surface area contributed by atoms with Crippen LogP contribution in [-0.2, 0) is 21.2 Å². The minimum atomic E-state index is -3.63. The number of rotatable bonds is 2. The van der Waals surface area contributed by atoms with Gasteiger partial charge in [-0.05, 0) is 30.2 Å². The summed E-state index contributed by atoms with van der Waals surface area (Å²) in [5.41, 5.74) is 1.62. The average Bonchev–Trinajstić information content (AvgIpc) is 2.71. The first-order chi connectivity index (χ1) is 7.95. The van der Waals surface area contributed by atoms with Crippen LogP contribution < -0.4 is 15.6 Å². The van der Waals surface area contributed by atoms with Crippen molar-refractivity contribution >= 4 is 21.6 Å². The molecule has 7 heteroatoms. The summed E-state index contributed by atoms with van der Waals surface area (Å²) < 4.78 is 23.0. The normalized spacial score (nSPS) is 14.8. The van der Waals surface area contributed by atoms with Crippen molar-refractivity contribution in [2.75, 3.05) is 11.4 Å². The van der Waals surface area contributed by atoms with E-state index in [-0.39, 0.29) is 10.8 Å². The highest BCUT2D eigenvalue weighted by molar-refractivity contribution is 7.89. The lowest BCUT2D eigenvalue weighted by Gasteiger charge is -2.14. The van der Waals surface area contributed by atoms with Crippen molar-refractivity contribution in [3.05, 3.63) is 23.8 Å². The number of sulfonamides is 1. The van der Waals surface area contributed by atoms with Gasteiger partial charge in [0.2, 0.25) is 5.91 Å². The quantitative estimate of drug-likeness (QED) is 0.563. The first kappa shape index (κ1) is 12.0. The summed E-state index contributed by atoms with van der Waals surface area (Å²) >= 11 is 0. The molecule has 92 valence electrons. The maximum Gasteiger partial charge on any atom is 0.253 e. The van der Waals surface area contributed by atoms with Crippen LogP contribution in [0.5, 0.6) is 0 Å². The van der Waals surface area contributed by atoms with E-state index in [9.17, 15) is 13.2 Å². The van der Waals surface area contributed by atoms with E-state index >= 15 is 0 Å². The lowest BCUT2D eigenvalue weighted by atomic mass is 10.2. The van der Waals surface area contributed by atoms with Crippen molar-refractivity contribution in [2.24, 2.45) is 5.84 Å². The number of hydrogen-bond acceptors (Lipinski definition) is 4. The number of nitrogens with zero attached hydrogens (tertiary/aromatic N) is 1. The van der Waals surface area contributed by atoms with E-state index in [1.54, 1.807) is 21.9 Å². The molecule has 17 heavy (non-hydrogen) atoms. The molecule has 2 rings (SSSR count). The van der Waals surface area contributed by atoms with Crippen LogP contribution in [0.3, 0.4) is 0 Å². The fourth-order valence-corrected chi connectivity index (χ4v) is 2.62. The minimum Gasteiger partial charge on any atom is -0.312 e. The Morgan fingerprint density at radius 3 is 2.76 bits per heavy atom. The number of anilines is 1. The fraction of sp³-hybridized carbons (Fsp3) is 0.300. The summed E-state index contributed by atoms with van der Waals surface area (Å²) in [5.74, 6) is 4.91. The van der Waals surface area contributed by atoms with Crippen LogP contribution in [-0.4, -0.2) is 20.9 Å². The predicted octanol–water partition coefficient (Wildman–Crippen LogP) is -0.252. The number of hydrazine groups is 1. The Hall–Kier alpha value is -1.44. The maximum atomic E-state index is 11.5. The molecule has 0 saturated carbocycles. The molecule has 0 aliphatic carbocycles. The van der Waals surface area contributed by atoms with Crippen LogP contribution in [0, 0.1) is 0 Å². The molecule has 6 nitrogen and oxygen atoms in total. The third-order valence-corrected chi connectivity index (χ3v) is 3.98. The van der Waals surface area contributed by atoms with Crippen LogP contribution in [0.2, 0.25) is 0 Å². The van der Waals surface area contributed by atoms with E-state index in [1.165, 1.54) is 13.0 Å². The third-order valence-electron chi connectivity index (χ3n) is 2.79. The molecule has 1 heterocycles. The van der Waals surface area contributed by atoms with Crippen LogP contribution in [0.15, 0.2) is 23.1 Å². The van der Waals surface area contributed by atoms with E-state index < -0.39 is 10.0 Å². The van der Waals surface area contributed by atoms with Crippen LogP contribution >= 0.6 is 0 Å². The Bertz CT molecular complexity index is 568. The number of nitrogens with two attached hydrogens (primary N) is 1. The molecule has 1 aliphatic heterocycles. The van der Waals surface area contributed by atoms with Crippen molar-refractivity contribution in [1.29, 1.82) is 0 Å². The lowest BCUT2D eigenvalue weighted by Crippen LogP contribution is -2.30. The van der Waals surface area contributed by atoms with Crippen molar-refractivity contribution in [1.82, 2.24) is 4.83 Å². The highest BCUT2D eigenvalue weighted by atomic mass is 32.2. The molecule has 1 aromatic carbocycles. The van der Waals surface area contributed by atoms with E-state index in [0.717, 1.165) is 11.3 Å². The Labute approximate surface area is 99.4 Å². The Kier molecular flexibility index (Phi) is 2.90. The standard InChI is InChI=1S/C10H13N3O3S/c1-7(14)13-5-4-8-6-9(2-3-10(8)13)17(15,16)12-11/h2-3,6,12H,4-5,11H2,1H3. The largest absolute Gasteiger partial charge is 0.312 e. The smallest absolute Gasteiger partial charge is 0.253 e. The van der Waals surface area contributed by atoms with Gasteiger partial charge < -0.3 is 4.90 Å². The molecule has 1 aromatic rings. The summed E-state index contributed by atoms with van der Waals surface area (Å²) in [4.78, 5) is 14.8. The van der Waals surface area contributed by atoms with E-state index in [2.05, 4.69) is 0 Å². The second-order valence-corrected chi connectivity index (χ2v) is 5.55. The molecular formula is C10H13N3O3S. The number of fused-ring (bicyclic) bond motifs is 1. The summed E-state index contributed by atoms with van der Waals surface area (Å²) in [5, 5.41) is 0. The maximum absolute atomic E-state index is 11.5. The van der Waals surface area contributed by atoms with Crippen molar-refractivity contribution in [2.45, 2.75) is 18.2 Å². The Morgan fingerprint density at radius 1 is 1.47 bits per heavy atom. The van der Waals surface area contributed by atoms with Gasteiger partial charge in [0, 0.05) is 19.2 Å². The van der Waals surface area contributed by atoms with Gasteiger partial charge in [-0.2, -0.15) is 4.83 Å². The summed E-state index contributed by atoms with van der Waals surface area (Å²) in [6.07, 6.45) is 0.656. The highest BCUT2D eigenvalue weighted by Crippen LogP contribution is 2.29. The van der Waals surface area contributed by atoms with Gasteiger partial charge in [0.15, 0.2) is 0 Å². The minimum absolute atomic E-state index is 0.0451. The molecule has 0 bridgehead atoms. The van der Waals surface area contributed by atoms with Crippen molar-refractivity contribution in [3.8, 4) is 0 Å². The first-order valence-corrected chi connectivity index (χ1v) is 6.57. The number of hydrogen-bond donors (Lipinski definition) is 2. The molecular weight excluding hydrogens is 242 g/mol. The van der Waals surface area contributed by atoms with Crippen LogP contribution in [0.4, 0.5) is 5.69 Å². The number of amides is 1. The predicted molar refractivity (Wildman–Crippen MR) is 62.7 cm³/mol. The SMILES string of the molecule is CC(=O)N1CCc2cc(S(=O)(=O)NN)ccc21. The van der Waals surface area contributed by atoms with Gasteiger partial charge in [-0.15, -0.1) is 0 Å². The summed E-state index contributed by atoms with van der Waals surface area (Å²) in [6.45, 7) is 2.07.